The molecule has 0 heterocycles. The molecular formula is C18H22N2O6. The van der Waals surface area contributed by atoms with Crippen LogP contribution >= 0.6 is 0 Å². The molecule has 0 radical (unpaired) electrons. The van der Waals surface area contributed by atoms with Crippen molar-refractivity contribution in [3.05, 3.63) is 29.3 Å². The number of ether oxygens (including phenoxy) is 2. The number of esters is 2. The molecule has 140 valence electrons. The van der Waals surface area contributed by atoms with Gasteiger partial charge in [0.2, 0.25) is 0 Å². The first-order chi connectivity index (χ1) is 12.5. The summed E-state index contributed by atoms with van der Waals surface area (Å²) in [6.45, 7) is 0. The average molecular weight is 362 g/mol. The monoisotopic (exact) mass is 362 g/mol. The lowest BCUT2D eigenvalue weighted by molar-refractivity contribution is -0.136. The van der Waals surface area contributed by atoms with Gasteiger partial charge in [-0.2, -0.15) is 0 Å². The summed E-state index contributed by atoms with van der Waals surface area (Å²) in [5.74, 6) is -3.04. The molecule has 2 N–H and O–H groups in total. The third-order valence-corrected chi connectivity index (χ3v) is 4.24. The summed E-state index contributed by atoms with van der Waals surface area (Å²) in [7, 11) is 2.41. The van der Waals surface area contributed by atoms with Crippen LogP contribution in [0, 0.1) is 0 Å². The van der Waals surface area contributed by atoms with E-state index in [1.54, 1.807) is 0 Å². The van der Waals surface area contributed by atoms with Crippen LogP contribution < -0.4 is 10.6 Å². The highest BCUT2D eigenvalue weighted by atomic mass is 16.5. The summed E-state index contributed by atoms with van der Waals surface area (Å²) in [5.41, 5.74) is 0.158. The highest BCUT2D eigenvalue weighted by Gasteiger charge is 2.23. The number of hydrogen-bond acceptors (Lipinski definition) is 6. The minimum absolute atomic E-state index is 0.00328. The van der Waals surface area contributed by atoms with Crippen LogP contribution in [0.25, 0.3) is 0 Å². The van der Waals surface area contributed by atoms with E-state index in [-0.39, 0.29) is 22.9 Å². The Bertz CT molecular complexity index is 710. The summed E-state index contributed by atoms with van der Waals surface area (Å²) >= 11 is 0. The number of carbonyl (C=O) groups excluding carboxylic acids is 4. The first-order valence-electron chi connectivity index (χ1n) is 8.38. The van der Waals surface area contributed by atoms with Crippen molar-refractivity contribution >= 4 is 29.4 Å². The molecule has 0 aliphatic heterocycles. The molecule has 2 rings (SSSR count). The number of amides is 2. The molecule has 0 aromatic heterocycles. The van der Waals surface area contributed by atoms with Gasteiger partial charge in [-0.05, 0) is 31.0 Å². The quantitative estimate of drug-likeness (QED) is 0.622. The number of hydrogen-bond donors (Lipinski definition) is 2. The largest absolute Gasteiger partial charge is 0.465 e. The predicted octanol–water partition coefficient (Wildman–Crippen LogP) is 1.65. The van der Waals surface area contributed by atoms with E-state index in [0.29, 0.717) is 0 Å². The molecule has 0 atom stereocenters. The molecule has 26 heavy (non-hydrogen) atoms. The molecule has 2 amide bonds. The maximum absolute atomic E-state index is 12.2. The molecule has 1 aromatic rings. The van der Waals surface area contributed by atoms with E-state index in [1.165, 1.54) is 32.4 Å². The molecule has 8 nitrogen and oxygen atoms in total. The van der Waals surface area contributed by atoms with Gasteiger partial charge in [0.25, 0.3) is 0 Å². The van der Waals surface area contributed by atoms with E-state index < -0.39 is 23.8 Å². The normalized spacial score (nSPS) is 14.2. The molecule has 1 aliphatic carbocycles. The lowest BCUT2D eigenvalue weighted by Gasteiger charge is -2.22. The third-order valence-electron chi connectivity index (χ3n) is 4.24. The standard InChI is InChI=1S/C18H22N2O6/c1-25-17(23)11-8-9-13(18(24)26-2)14(10-11)20-16(22)15(21)19-12-6-4-3-5-7-12/h8-10,12H,3-7H2,1-2H3,(H,19,21)(H,20,22). The molecular weight excluding hydrogens is 340 g/mol. The Kier molecular flexibility index (Phi) is 6.71. The Hall–Kier alpha value is -2.90. The molecule has 1 aromatic carbocycles. The van der Waals surface area contributed by atoms with E-state index >= 15 is 0 Å². The summed E-state index contributed by atoms with van der Waals surface area (Å²) in [6, 6.07) is 3.94. The van der Waals surface area contributed by atoms with Crippen molar-refractivity contribution < 1.29 is 28.7 Å². The Labute approximate surface area is 151 Å². The van der Waals surface area contributed by atoms with Gasteiger partial charge in [-0.25, -0.2) is 9.59 Å². The first kappa shape index (κ1) is 19.4. The number of anilines is 1. The fourth-order valence-corrected chi connectivity index (χ4v) is 2.86. The van der Waals surface area contributed by atoms with Crippen LogP contribution in [-0.4, -0.2) is 44.0 Å². The maximum Gasteiger partial charge on any atom is 0.339 e. The minimum atomic E-state index is -0.914. The van der Waals surface area contributed by atoms with Gasteiger partial charge >= 0.3 is 23.8 Å². The molecule has 0 saturated heterocycles. The van der Waals surface area contributed by atoms with Gasteiger partial charge in [-0.15, -0.1) is 0 Å². The summed E-state index contributed by atoms with van der Waals surface area (Å²) in [5, 5.41) is 5.07. The number of methoxy groups -OCH3 is 2. The molecule has 0 unspecified atom stereocenters. The van der Waals surface area contributed by atoms with E-state index in [4.69, 9.17) is 0 Å². The number of carbonyl (C=O) groups is 4. The molecule has 8 heteroatoms. The van der Waals surface area contributed by atoms with Crippen molar-refractivity contribution in [2.45, 2.75) is 38.1 Å². The van der Waals surface area contributed by atoms with Crippen molar-refractivity contribution in [1.29, 1.82) is 0 Å². The zero-order chi connectivity index (χ0) is 19.1. The van der Waals surface area contributed by atoms with E-state index in [1.807, 2.05) is 0 Å². The minimum Gasteiger partial charge on any atom is -0.465 e. The van der Waals surface area contributed by atoms with Gasteiger partial charge in [0.05, 0.1) is 31.0 Å². The second kappa shape index (κ2) is 8.98. The van der Waals surface area contributed by atoms with Crippen LogP contribution in [0.5, 0.6) is 0 Å². The van der Waals surface area contributed by atoms with Crippen LogP contribution in [0.1, 0.15) is 52.8 Å². The van der Waals surface area contributed by atoms with Gasteiger partial charge < -0.3 is 20.1 Å². The number of rotatable bonds is 4. The average Bonchev–Trinajstić information content (AvgIpc) is 2.67. The van der Waals surface area contributed by atoms with Gasteiger partial charge in [0.1, 0.15) is 0 Å². The van der Waals surface area contributed by atoms with Crippen molar-refractivity contribution in [2.75, 3.05) is 19.5 Å². The summed E-state index contributed by atoms with van der Waals surface area (Å²) in [4.78, 5) is 47.9. The third kappa shape index (κ3) is 4.81. The fraction of sp³-hybridized carbons (Fsp3) is 0.444. The summed E-state index contributed by atoms with van der Waals surface area (Å²) < 4.78 is 9.28. The molecule has 0 spiro atoms. The van der Waals surface area contributed by atoms with E-state index in [2.05, 4.69) is 20.1 Å². The van der Waals surface area contributed by atoms with E-state index in [0.717, 1.165) is 32.1 Å². The number of benzene rings is 1. The van der Waals surface area contributed by atoms with E-state index in [9.17, 15) is 19.2 Å². The highest BCUT2D eigenvalue weighted by Crippen LogP contribution is 2.20. The lowest BCUT2D eigenvalue weighted by Crippen LogP contribution is -2.42. The highest BCUT2D eigenvalue weighted by molar-refractivity contribution is 6.40. The van der Waals surface area contributed by atoms with Crippen molar-refractivity contribution in [3.63, 3.8) is 0 Å². The van der Waals surface area contributed by atoms with Crippen molar-refractivity contribution in [2.24, 2.45) is 0 Å². The Morgan fingerprint density at radius 3 is 2.19 bits per heavy atom. The van der Waals surface area contributed by atoms with Gasteiger partial charge in [-0.1, -0.05) is 19.3 Å². The second-order valence-electron chi connectivity index (χ2n) is 6.01. The van der Waals surface area contributed by atoms with Crippen LogP contribution in [0.4, 0.5) is 5.69 Å². The van der Waals surface area contributed by atoms with Crippen molar-refractivity contribution in [3.8, 4) is 0 Å². The zero-order valence-electron chi connectivity index (χ0n) is 14.8. The SMILES string of the molecule is COC(=O)c1ccc(C(=O)OC)c(NC(=O)C(=O)NC2CCCCC2)c1. The van der Waals surface area contributed by atoms with Crippen LogP contribution in [0.15, 0.2) is 18.2 Å². The predicted molar refractivity (Wildman–Crippen MR) is 92.8 cm³/mol. The molecule has 1 aliphatic rings. The van der Waals surface area contributed by atoms with Crippen molar-refractivity contribution in [1.82, 2.24) is 5.32 Å². The fourth-order valence-electron chi connectivity index (χ4n) is 2.86. The Balaban J connectivity index is 2.16. The van der Waals surface area contributed by atoms with Crippen LogP contribution in [0.2, 0.25) is 0 Å². The zero-order valence-corrected chi connectivity index (χ0v) is 14.8. The topological polar surface area (TPSA) is 111 Å². The van der Waals surface area contributed by atoms with Gasteiger partial charge in [-0.3, -0.25) is 9.59 Å². The summed E-state index contributed by atoms with van der Waals surface area (Å²) in [6.07, 6.45) is 4.83. The van der Waals surface area contributed by atoms with Gasteiger partial charge in [0, 0.05) is 6.04 Å². The maximum atomic E-state index is 12.2. The first-order valence-corrected chi connectivity index (χ1v) is 8.38. The lowest BCUT2D eigenvalue weighted by atomic mass is 9.95. The molecule has 1 saturated carbocycles. The Morgan fingerprint density at radius 1 is 0.923 bits per heavy atom. The smallest absolute Gasteiger partial charge is 0.339 e. The van der Waals surface area contributed by atoms with Gasteiger partial charge in [0.15, 0.2) is 0 Å². The second-order valence-corrected chi connectivity index (χ2v) is 6.01. The molecule has 0 bridgehead atoms. The molecule has 1 fully saturated rings. The Morgan fingerprint density at radius 2 is 1.58 bits per heavy atom. The van der Waals surface area contributed by atoms with Crippen LogP contribution in [0.3, 0.4) is 0 Å². The van der Waals surface area contributed by atoms with Crippen LogP contribution in [-0.2, 0) is 19.1 Å². The number of nitrogens with one attached hydrogen (secondary N) is 2.